The SMILES string of the molecule is COCCSc1nc(C(C)(C)C)nc(Cl)c1C. The Morgan fingerprint density at radius 2 is 1.94 bits per heavy atom. The highest BCUT2D eigenvalue weighted by molar-refractivity contribution is 7.99. The topological polar surface area (TPSA) is 35.0 Å². The molecule has 0 saturated carbocycles. The first kappa shape index (κ1) is 14.7. The average Bonchev–Trinajstić information content (AvgIpc) is 2.22. The first-order chi connectivity index (χ1) is 7.86. The van der Waals surface area contributed by atoms with Crippen LogP contribution < -0.4 is 0 Å². The normalized spacial score (nSPS) is 11.9. The maximum absolute atomic E-state index is 6.14. The smallest absolute Gasteiger partial charge is 0.136 e. The first-order valence-corrected chi connectivity index (χ1v) is 6.89. The van der Waals surface area contributed by atoms with Crippen LogP contribution in [0.3, 0.4) is 0 Å². The molecule has 96 valence electrons. The Hall–Kier alpha value is -0.320. The minimum absolute atomic E-state index is 0.0894. The zero-order valence-electron chi connectivity index (χ0n) is 11.0. The van der Waals surface area contributed by atoms with Crippen LogP contribution in [0.2, 0.25) is 5.15 Å². The fraction of sp³-hybridized carbons (Fsp3) is 0.667. The van der Waals surface area contributed by atoms with Crippen molar-refractivity contribution in [1.29, 1.82) is 0 Å². The van der Waals surface area contributed by atoms with Gasteiger partial charge < -0.3 is 4.74 Å². The summed E-state index contributed by atoms with van der Waals surface area (Å²) in [7, 11) is 1.70. The van der Waals surface area contributed by atoms with E-state index in [0.717, 1.165) is 22.2 Å². The van der Waals surface area contributed by atoms with Gasteiger partial charge in [-0.2, -0.15) is 0 Å². The highest BCUT2D eigenvalue weighted by atomic mass is 35.5. The molecule has 0 aliphatic heterocycles. The van der Waals surface area contributed by atoms with Crippen molar-refractivity contribution in [1.82, 2.24) is 9.97 Å². The van der Waals surface area contributed by atoms with Crippen molar-refractivity contribution >= 4 is 23.4 Å². The van der Waals surface area contributed by atoms with Crippen molar-refractivity contribution in [2.75, 3.05) is 19.5 Å². The molecule has 0 bridgehead atoms. The van der Waals surface area contributed by atoms with Gasteiger partial charge in [-0.1, -0.05) is 32.4 Å². The van der Waals surface area contributed by atoms with Crippen molar-refractivity contribution in [2.24, 2.45) is 0 Å². The van der Waals surface area contributed by atoms with E-state index in [9.17, 15) is 0 Å². The molecular formula is C12H19ClN2OS. The van der Waals surface area contributed by atoms with E-state index < -0.39 is 0 Å². The molecule has 0 aliphatic rings. The number of nitrogens with zero attached hydrogens (tertiary/aromatic N) is 2. The molecule has 1 aromatic heterocycles. The van der Waals surface area contributed by atoms with E-state index in [1.54, 1.807) is 18.9 Å². The summed E-state index contributed by atoms with van der Waals surface area (Å²) >= 11 is 7.80. The van der Waals surface area contributed by atoms with Gasteiger partial charge in [0.05, 0.1) is 6.61 Å². The molecule has 0 fully saturated rings. The van der Waals surface area contributed by atoms with Crippen molar-refractivity contribution in [3.63, 3.8) is 0 Å². The number of aromatic nitrogens is 2. The fourth-order valence-electron chi connectivity index (χ4n) is 1.17. The summed E-state index contributed by atoms with van der Waals surface area (Å²) in [5.41, 5.74) is 0.856. The second-order valence-corrected chi connectivity index (χ2v) is 6.30. The van der Waals surface area contributed by atoms with Crippen LogP contribution in [-0.2, 0) is 10.2 Å². The van der Waals surface area contributed by atoms with E-state index in [1.807, 2.05) is 6.92 Å². The summed E-state index contributed by atoms with van der Waals surface area (Å²) in [5, 5.41) is 1.50. The van der Waals surface area contributed by atoms with Gasteiger partial charge in [0.1, 0.15) is 16.0 Å². The summed E-state index contributed by atoms with van der Waals surface area (Å²) in [6.45, 7) is 8.90. The quantitative estimate of drug-likeness (QED) is 0.478. The summed E-state index contributed by atoms with van der Waals surface area (Å²) < 4.78 is 5.03. The van der Waals surface area contributed by atoms with E-state index in [2.05, 4.69) is 30.7 Å². The van der Waals surface area contributed by atoms with Gasteiger partial charge in [0, 0.05) is 23.8 Å². The average molecular weight is 275 g/mol. The van der Waals surface area contributed by atoms with Crippen LogP contribution in [0.15, 0.2) is 5.03 Å². The molecule has 0 aromatic carbocycles. The Bertz CT molecular complexity index is 391. The molecule has 0 radical (unpaired) electrons. The van der Waals surface area contributed by atoms with E-state index in [1.165, 1.54) is 0 Å². The minimum atomic E-state index is -0.0894. The van der Waals surface area contributed by atoms with Crippen LogP contribution >= 0.6 is 23.4 Å². The molecule has 0 spiro atoms. The Balaban J connectivity index is 2.99. The van der Waals surface area contributed by atoms with Crippen molar-refractivity contribution in [3.05, 3.63) is 16.5 Å². The van der Waals surface area contributed by atoms with E-state index >= 15 is 0 Å². The van der Waals surface area contributed by atoms with Gasteiger partial charge in [-0.05, 0) is 6.92 Å². The predicted octanol–water partition coefficient (Wildman–Crippen LogP) is 3.47. The van der Waals surface area contributed by atoms with Crippen LogP contribution in [0.1, 0.15) is 32.2 Å². The third-order valence-electron chi connectivity index (χ3n) is 2.24. The molecule has 1 aromatic rings. The standard InChI is InChI=1S/C12H19ClN2OS/c1-8-9(13)14-11(12(2,3)4)15-10(8)17-7-6-16-5/h6-7H2,1-5H3. The molecule has 0 saturated heterocycles. The molecule has 1 heterocycles. The highest BCUT2D eigenvalue weighted by Gasteiger charge is 2.20. The van der Waals surface area contributed by atoms with Crippen LogP contribution in [0.25, 0.3) is 0 Å². The number of hydrogen-bond acceptors (Lipinski definition) is 4. The lowest BCUT2D eigenvalue weighted by molar-refractivity contribution is 0.218. The highest BCUT2D eigenvalue weighted by Crippen LogP contribution is 2.28. The maximum Gasteiger partial charge on any atom is 0.136 e. The number of thioether (sulfide) groups is 1. The maximum atomic E-state index is 6.14. The van der Waals surface area contributed by atoms with Gasteiger partial charge in [-0.15, -0.1) is 11.8 Å². The molecule has 17 heavy (non-hydrogen) atoms. The number of methoxy groups -OCH3 is 1. The Kier molecular flexibility index (Phi) is 5.22. The molecular weight excluding hydrogens is 256 g/mol. The molecule has 1 rings (SSSR count). The summed E-state index contributed by atoms with van der Waals surface area (Å²) in [4.78, 5) is 8.93. The molecule has 3 nitrogen and oxygen atoms in total. The van der Waals surface area contributed by atoms with Crippen molar-refractivity contribution in [2.45, 2.75) is 38.1 Å². The molecule has 0 amide bonds. The summed E-state index contributed by atoms with van der Waals surface area (Å²) in [6, 6.07) is 0. The van der Waals surface area contributed by atoms with Crippen LogP contribution in [0.4, 0.5) is 0 Å². The molecule has 0 N–H and O–H groups in total. The number of halogens is 1. The molecule has 0 unspecified atom stereocenters. The van der Waals surface area contributed by atoms with Crippen LogP contribution in [0, 0.1) is 6.92 Å². The van der Waals surface area contributed by atoms with Crippen LogP contribution in [-0.4, -0.2) is 29.4 Å². The van der Waals surface area contributed by atoms with Gasteiger partial charge in [-0.3, -0.25) is 0 Å². The van der Waals surface area contributed by atoms with E-state index in [-0.39, 0.29) is 5.41 Å². The van der Waals surface area contributed by atoms with Crippen molar-refractivity contribution < 1.29 is 4.74 Å². The lowest BCUT2D eigenvalue weighted by atomic mass is 9.96. The van der Waals surface area contributed by atoms with E-state index in [4.69, 9.17) is 16.3 Å². The number of hydrogen-bond donors (Lipinski definition) is 0. The fourth-order valence-corrected chi connectivity index (χ4v) is 2.30. The van der Waals surface area contributed by atoms with Gasteiger partial charge in [-0.25, -0.2) is 9.97 Å². The predicted molar refractivity (Wildman–Crippen MR) is 73.1 cm³/mol. The largest absolute Gasteiger partial charge is 0.384 e. The Labute approximate surface area is 112 Å². The van der Waals surface area contributed by atoms with Gasteiger partial charge in [0.15, 0.2) is 0 Å². The third-order valence-corrected chi connectivity index (χ3v) is 3.65. The molecule has 0 aliphatic carbocycles. The van der Waals surface area contributed by atoms with Crippen LogP contribution in [0.5, 0.6) is 0 Å². The second-order valence-electron chi connectivity index (χ2n) is 4.86. The molecule has 5 heteroatoms. The Morgan fingerprint density at radius 3 is 2.47 bits per heavy atom. The first-order valence-electron chi connectivity index (χ1n) is 5.52. The van der Waals surface area contributed by atoms with E-state index in [0.29, 0.717) is 11.8 Å². The Morgan fingerprint density at radius 1 is 1.29 bits per heavy atom. The minimum Gasteiger partial charge on any atom is -0.384 e. The van der Waals surface area contributed by atoms with Gasteiger partial charge >= 0.3 is 0 Å². The van der Waals surface area contributed by atoms with Gasteiger partial charge in [0.25, 0.3) is 0 Å². The second kappa shape index (κ2) is 6.03. The number of ether oxygens (including phenoxy) is 1. The third kappa shape index (κ3) is 4.12. The summed E-state index contributed by atoms with van der Waals surface area (Å²) in [5.74, 6) is 1.65. The number of rotatable bonds is 4. The van der Waals surface area contributed by atoms with Gasteiger partial charge in [0.2, 0.25) is 0 Å². The van der Waals surface area contributed by atoms with Crippen molar-refractivity contribution in [3.8, 4) is 0 Å². The molecule has 0 atom stereocenters. The lowest BCUT2D eigenvalue weighted by Crippen LogP contribution is -2.17. The zero-order valence-corrected chi connectivity index (χ0v) is 12.6. The zero-order chi connectivity index (χ0) is 13.1. The lowest BCUT2D eigenvalue weighted by Gasteiger charge is -2.18. The monoisotopic (exact) mass is 274 g/mol. The summed E-state index contributed by atoms with van der Waals surface area (Å²) in [6.07, 6.45) is 0.